The first-order valence-corrected chi connectivity index (χ1v) is 15.0. The van der Waals surface area contributed by atoms with Gasteiger partial charge in [-0.1, -0.05) is 18.2 Å². The largest absolute Gasteiger partial charge is 0.504 e. The van der Waals surface area contributed by atoms with Crippen LogP contribution in [0.3, 0.4) is 0 Å². The molecule has 230 valence electrons. The van der Waals surface area contributed by atoms with Crippen LogP contribution in [-0.2, 0) is 25.7 Å². The van der Waals surface area contributed by atoms with Gasteiger partial charge in [0.25, 0.3) is 0 Å². The first-order chi connectivity index (χ1) is 21.2. The Bertz CT molecular complexity index is 1650. The summed E-state index contributed by atoms with van der Waals surface area (Å²) in [5.74, 6) is 2.42. The fourth-order valence-corrected chi connectivity index (χ4v) is 6.59. The maximum Gasteiger partial charge on any atom is 0.169 e. The van der Waals surface area contributed by atoms with E-state index in [1.807, 2.05) is 60.7 Å². The number of rotatable bonds is 8. The molecule has 2 aliphatic rings. The van der Waals surface area contributed by atoms with Crippen molar-refractivity contribution >= 4 is 0 Å². The van der Waals surface area contributed by atoms with Gasteiger partial charge < -0.3 is 29.5 Å². The van der Waals surface area contributed by atoms with Crippen molar-refractivity contribution in [3.05, 3.63) is 100 Å². The average Bonchev–Trinajstić information content (AvgIpc) is 3.02. The first kappa shape index (κ1) is 29.7. The average molecular weight is 597 g/mol. The van der Waals surface area contributed by atoms with Crippen LogP contribution in [0.2, 0.25) is 0 Å². The minimum Gasteiger partial charge on any atom is -0.504 e. The summed E-state index contributed by atoms with van der Waals surface area (Å²) in [7, 11) is 7.34. The van der Waals surface area contributed by atoms with E-state index in [1.165, 1.54) is 11.1 Å². The Balaban J connectivity index is 1.14. The predicted octanol–water partition coefficient (Wildman–Crippen LogP) is 6.16. The summed E-state index contributed by atoms with van der Waals surface area (Å²) in [5, 5.41) is 31.7. The minimum absolute atomic E-state index is 0.0652. The van der Waals surface area contributed by atoms with Crippen LogP contribution >= 0.6 is 0 Å². The number of phenolic OH excluding ortho intramolecular Hbond substituents is 3. The normalized spacial score (nSPS) is 18.4. The number of phenols is 3. The smallest absolute Gasteiger partial charge is 0.169 e. The Hall–Kier alpha value is -4.40. The van der Waals surface area contributed by atoms with Crippen molar-refractivity contribution < 1.29 is 29.5 Å². The quantitative estimate of drug-likeness (QED) is 0.223. The summed E-state index contributed by atoms with van der Waals surface area (Å²) >= 11 is 0. The second-order valence-corrected chi connectivity index (χ2v) is 11.9. The molecule has 2 atom stereocenters. The van der Waals surface area contributed by atoms with Crippen molar-refractivity contribution in [1.29, 1.82) is 0 Å². The van der Waals surface area contributed by atoms with Crippen LogP contribution in [0.15, 0.2) is 66.7 Å². The Labute approximate surface area is 258 Å². The van der Waals surface area contributed by atoms with Gasteiger partial charge in [0.05, 0.1) is 14.2 Å². The van der Waals surface area contributed by atoms with Crippen molar-refractivity contribution in [2.45, 2.75) is 37.8 Å². The Morgan fingerprint density at radius 1 is 0.614 bits per heavy atom. The summed E-state index contributed by atoms with van der Waals surface area (Å²) in [6, 6.07) is 21.2. The highest BCUT2D eigenvalue weighted by Crippen LogP contribution is 2.41. The van der Waals surface area contributed by atoms with Gasteiger partial charge in [-0.15, -0.1) is 0 Å². The highest BCUT2D eigenvalue weighted by molar-refractivity contribution is 5.51. The van der Waals surface area contributed by atoms with Crippen LogP contribution in [0, 0.1) is 0 Å². The molecule has 2 heterocycles. The second-order valence-electron chi connectivity index (χ2n) is 11.9. The van der Waals surface area contributed by atoms with Gasteiger partial charge in [0, 0.05) is 25.2 Å². The van der Waals surface area contributed by atoms with Gasteiger partial charge in [-0.2, -0.15) is 0 Å². The van der Waals surface area contributed by atoms with Crippen LogP contribution in [0.5, 0.6) is 40.2 Å². The number of fused-ring (bicyclic) bond motifs is 2. The summed E-state index contributed by atoms with van der Waals surface area (Å²) in [4.78, 5) is 4.60. The van der Waals surface area contributed by atoms with Gasteiger partial charge in [-0.05, 0) is 122 Å². The summed E-state index contributed by atoms with van der Waals surface area (Å²) < 4.78 is 16.7. The molecule has 0 saturated heterocycles. The van der Waals surface area contributed by atoms with Crippen LogP contribution in [0.4, 0.5) is 0 Å². The maximum absolute atomic E-state index is 10.9. The van der Waals surface area contributed by atoms with E-state index in [0.29, 0.717) is 29.4 Å². The molecule has 0 spiro atoms. The number of methoxy groups -OCH3 is 2. The lowest BCUT2D eigenvalue weighted by Crippen LogP contribution is -2.33. The molecule has 0 radical (unpaired) electrons. The Morgan fingerprint density at radius 3 is 1.59 bits per heavy atom. The zero-order valence-electron chi connectivity index (χ0n) is 25.7. The van der Waals surface area contributed by atoms with E-state index in [2.05, 4.69) is 23.9 Å². The molecule has 6 rings (SSSR count). The first-order valence-electron chi connectivity index (χ1n) is 15.0. The molecular formula is C36H40N2O6. The molecule has 4 aromatic carbocycles. The monoisotopic (exact) mass is 596 g/mol. The number of aromatic hydroxyl groups is 3. The van der Waals surface area contributed by atoms with E-state index >= 15 is 0 Å². The molecule has 0 aliphatic carbocycles. The van der Waals surface area contributed by atoms with Gasteiger partial charge in [0.2, 0.25) is 0 Å². The second kappa shape index (κ2) is 12.3. The molecule has 0 saturated carbocycles. The molecule has 0 bridgehead atoms. The van der Waals surface area contributed by atoms with E-state index in [-0.39, 0.29) is 29.3 Å². The van der Waals surface area contributed by atoms with Crippen molar-refractivity contribution in [1.82, 2.24) is 9.80 Å². The lowest BCUT2D eigenvalue weighted by Gasteiger charge is -2.35. The standard InChI is InChI=1S/C36H40N2O6/c1-37-13-11-24-18-35(42-3)32(40)20-27(24)29(37)15-22-5-8-26(9-6-22)44-34-10-7-23(17-31(34)39)16-30-28-21-33(41)36(43-4)19-25(28)12-14-38(30)2/h5-10,17-21,29-30,39-41H,11-16H2,1-4H3/t29-,30+/m1/s1. The van der Waals surface area contributed by atoms with Gasteiger partial charge in [0.15, 0.2) is 34.5 Å². The molecule has 8 nitrogen and oxygen atoms in total. The SMILES string of the molecule is COc1cc2c(cc1O)[C@@H](Cc1ccc(Oc3ccc(C[C@H]4c5cc(O)c(OC)cc5CCN4C)cc3O)cc1)N(C)CC2. The van der Waals surface area contributed by atoms with Gasteiger partial charge in [-0.3, -0.25) is 9.80 Å². The van der Waals surface area contributed by atoms with E-state index < -0.39 is 0 Å². The van der Waals surface area contributed by atoms with Crippen molar-refractivity contribution in [3.8, 4) is 40.2 Å². The zero-order valence-corrected chi connectivity index (χ0v) is 25.7. The molecule has 0 unspecified atom stereocenters. The van der Waals surface area contributed by atoms with Gasteiger partial charge >= 0.3 is 0 Å². The van der Waals surface area contributed by atoms with Crippen LogP contribution in [0.1, 0.15) is 45.5 Å². The van der Waals surface area contributed by atoms with E-state index in [4.69, 9.17) is 14.2 Å². The lowest BCUT2D eigenvalue weighted by atomic mass is 9.88. The zero-order chi connectivity index (χ0) is 31.0. The molecule has 44 heavy (non-hydrogen) atoms. The minimum atomic E-state index is 0.0652. The lowest BCUT2D eigenvalue weighted by molar-refractivity contribution is 0.228. The van der Waals surface area contributed by atoms with E-state index in [9.17, 15) is 15.3 Å². The van der Waals surface area contributed by atoms with Crippen molar-refractivity contribution in [3.63, 3.8) is 0 Å². The van der Waals surface area contributed by atoms with Crippen LogP contribution in [-0.4, -0.2) is 66.5 Å². The van der Waals surface area contributed by atoms with E-state index in [1.54, 1.807) is 20.3 Å². The summed E-state index contributed by atoms with van der Waals surface area (Å²) in [6.45, 7) is 1.83. The highest BCUT2D eigenvalue weighted by atomic mass is 16.5. The van der Waals surface area contributed by atoms with Crippen LogP contribution in [0.25, 0.3) is 0 Å². The molecule has 3 N–H and O–H groups in total. The molecule has 4 aromatic rings. The predicted molar refractivity (Wildman–Crippen MR) is 169 cm³/mol. The van der Waals surface area contributed by atoms with Crippen molar-refractivity contribution in [2.24, 2.45) is 0 Å². The van der Waals surface area contributed by atoms with E-state index in [0.717, 1.165) is 54.6 Å². The summed E-state index contributed by atoms with van der Waals surface area (Å²) in [6.07, 6.45) is 3.27. The summed E-state index contributed by atoms with van der Waals surface area (Å²) in [5.41, 5.74) is 6.72. The third-order valence-electron chi connectivity index (χ3n) is 9.16. The molecular weight excluding hydrogens is 556 g/mol. The molecule has 8 heteroatoms. The third kappa shape index (κ3) is 5.87. The fourth-order valence-electron chi connectivity index (χ4n) is 6.59. The molecule has 0 aromatic heterocycles. The van der Waals surface area contributed by atoms with Gasteiger partial charge in [-0.25, -0.2) is 0 Å². The number of hydrogen-bond donors (Lipinski definition) is 3. The topological polar surface area (TPSA) is 94.9 Å². The highest BCUT2D eigenvalue weighted by Gasteiger charge is 2.28. The number of ether oxygens (including phenoxy) is 3. The Kier molecular flexibility index (Phi) is 8.29. The number of nitrogens with zero attached hydrogens (tertiary/aromatic N) is 2. The number of likely N-dealkylation sites (N-methyl/N-ethyl adjacent to an activating group) is 2. The number of hydrogen-bond acceptors (Lipinski definition) is 8. The third-order valence-corrected chi connectivity index (χ3v) is 9.16. The number of benzene rings is 4. The molecule has 2 aliphatic heterocycles. The maximum atomic E-state index is 10.9. The Morgan fingerprint density at radius 2 is 1.09 bits per heavy atom. The van der Waals surface area contributed by atoms with Gasteiger partial charge in [0.1, 0.15) is 5.75 Å². The van der Waals surface area contributed by atoms with Crippen molar-refractivity contribution in [2.75, 3.05) is 41.4 Å². The molecule has 0 amide bonds. The van der Waals surface area contributed by atoms with Crippen LogP contribution < -0.4 is 14.2 Å². The molecule has 0 fully saturated rings. The fraction of sp³-hybridized carbons (Fsp3) is 0.333.